The summed E-state index contributed by atoms with van der Waals surface area (Å²) >= 11 is 0. The van der Waals surface area contributed by atoms with E-state index in [1.807, 2.05) is 12.3 Å². The van der Waals surface area contributed by atoms with Crippen molar-refractivity contribution in [2.24, 2.45) is 23.7 Å². The molecule has 100 valence electrons. The van der Waals surface area contributed by atoms with E-state index in [0.717, 1.165) is 23.7 Å². The number of hydrogen-bond acceptors (Lipinski definition) is 2. The van der Waals surface area contributed by atoms with Gasteiger partial charge in [0.15, 0.2) is 0 Å². The Kier molecular flexibility index (Phi) is 2.44. The first-order chi connectivity index (χ1) is 9.20. The fraction of sp³-hybridized carbons (Fsp3) is 0.625. The Labute approximate surface area is 113 Å². The van der Waals surface area contributed by atoms with E-state index in [2.05, 4.69) is 4.98 Å². The zero-order valence-corrected chi connectivity index (χ0v) is 11.0. The van der Waals surface area contributed by atoms with Gasteiger partial charge in [0.1, 0.15) is 0 Å². The van der Waals surface area contributed by atoms with Crippen LogP contribution in [0.4, 0.5) is 0 Å². The number of rotatable bonds is 2. The molecule has 1 aromatic rings. The average molecular weight is 257 g/mol. The van der Waals surface area contributed by atoms with Crippen molar-refractivity contribution < 1.29 is 9.90 Å². The van der Waals surface area contributed by atoms with Crippen molar-refractivity contribution in [3.8, 4) is 0 Å². The maximum atomic E-state index is 11.1. The Morgan fingerprint density at radius 3 is 2.26 bits per heavy atom. The van der Waals surface area contributed by atoms with Crippen molar-refractivity contribution in [1.82, 2.24) is 4.98 Å². The SMILES string of the molecule is O=C(O)c1cncc(C2C3CC4CC(C3)CC2C4)c1. The monoisotopic (exact) mass is 257 g/mol. The maximum absolute atomic E-state index is 11.1. The zero-order valence-electron chi connectivity index (χ0n) is 11.0. The predicted molar refractivity (Wildman–Crippen MR) is 71.0 cm³/mol. The second-order valence-corrected chi connectivity index (χ2v) is 6.77. The Hall–Kier alpha value is -1.38. The third-order valence-corrected chi connectivity index (χ3v) is 5.62. The Morgan fingerprint density at radius 2 is 1.68 bits per heavy atom. The lowest BCUT2D eigenvalue weighted by Crippen LogP contribution is -2.43. The van der Waals surface area contributed by atoms with E-state index in [1.165, 1.54) is 43.9 Å². The van der Waals surface area contributed by atoms with Crippen LogP contribution in [0, 0.1) is 23.7 Å². The van der Waals surface area contributed by atoms with Gasteiger partial charge in [0.25, 0.3) is 0 Å². The molecule has 3 nitrogen and oxygen atoms in total. The molecule has 0 unspecified atom stereocenters. The van der Waals surface area contributed by atoms with Gasteiger partial charge in [0.05, 0.1) is 5.56 Å². The lowest BCUT2D eigenvalue weighted by molar-refractivity contribution is -0.00292. The topological polar surface area (TPSA) is 50.2 Å². The number of hydrogen-bond donors (Lipinski definition) is 1. The molecule has 4 bridgehead atoms. The standard InChI is InChI=1S/C16H19NO2/c18-16(19)14-6-13(7-17-8-14)15-11-2-9-1-10(4-11)5-12(15)3-9/h6-12,15H,1-5H2,(H,18,19). The molecular formula is C16H19NO2. The summed E-state index contributed by atoms with van der Waals surface area (Å²) in [5, 5.41) is 9.12. The van der Waals surface area contributed by atoms with Gasteiger partial charge in [-0.25, -0.2) is 4.79 Å². The first kappa shape index (κ1) is 11.4. The molecule has 1 aromatic heterocycles. The van der Waals surface area contributed by atoms with E-state index in [4.69, 9.17) is 5.11 Å². The van der Waals surface area contributed by atoms with E-state index >= 15 is 0 Å². The fourth-order valence-corrected chi connectivity index (χ4v) is 5.23. The molecule has 0 saturated heterocycles. The maximum Gasteiger partial charge on any atom is 0.337 e. The molecule has 0 aromatic carbocycles. The van der Waals surface area contributed by atoms with Gasteiger partial charge >= 0.3 is 5.97 Å². The minimum absolute atomic E-state index is 0.339. The summed E-state index contributed by atoms with van der Waals surface area (Å²) in [6, 6.07) is 1.86. The van der Waals surface area contributed by atoms with Gasteiger partial charge in [-0.15, -0.1) is 0 Å². The Balaban J connectivity index is 1.69. The number of nitrogens with zero attached hydrogens (tertiary/aromatic N) is 1. The molecule has 1 heterocycles. The first-order valence-electron chi connectivity index (χ1n) is 7.39. The molecule has 0 amide bonds. The molecule has 4 aliphatic carbocycles. The normalized spacial score (nSPS) is 39.5. The van der Waals surface area contributed by atoms with Crippen LogP contribution in [-0.4, -0.2) is 16.1 Å². The van der Waals surface area contributed by atoms with E-state index in [-0.39, 0.29) is 0 Å². The Morgan fingerprint density at radius 1 is 1.05 bits per heavy atom. The lowest BCUT2D eigenvalue weighted by atomic mass is 9.51. The molecule has 5 rings (SSSR count). The summed E-state index contributed by atoms with van der Waals surface area (Å²) < 4.78 is 0. The second-order valence-electron chi connectivity index (χ2n) is 6.77. The van der Waals surface area contributed by atoms with Gasteiger partial charge in [-0.05, 0) is 73.3 Å². The molecule has 0 spiro atoms. The molecule has 4 aliphatic rings. The molecule has 0 aliphatic heterocycles. The van der Waals surface area contributed by atoms with Crippen LogP contribution in [0.25, 0.3) is 0 Å². The zero-order chi connectivity index (χ0) is 13.0. The summed E-state index contributed by atoms with van der Waals surface area (Å²) in [6.07, 6.45) is 10.2. The number of carboxylic acids is 1. The van der Waals surface area contributed by atoms with Crippen LogP contribution in [0.15, 0.2) is 18.5 Å². The molecule has 19 heavy (non-hydrogen) atoms. The van der Waals surface area contributed by atoms with Gasteiger partial charge in [-0.2, -0.15) is 0 Å². The highest BCUT2D eigenvalue weighted by Crippen LogP contribution is 2.59. The van der Waals surface area contributed by atoms with Crippen LogP contribution < -0.4 is 0 Å². The highest BCUT2D eigenvalue weighted by molar-refractivity contribution is 5.87. The van der Waals surface area contributed by atoms with Crippen molar-refractivity contribution in [1.29, 1.82) is 0 Å². The predicted octanol–water partition coefficient (Wildman–Crippen LogP) is 3.32. The number of aromatic carboxylic acids is 1. The third kappa shape index (κ3) is 1.78. The minimum atomic E-state index is -0.863. The Bertz CT molecular complexity index is 497. The largest absolute Gasteiger partial charge is 0.478 e. The summed E-state index contributed by atoms with van der Waals surface area (Å²) in [4.78, 5) is 15.3. The molecule has 4 saturated carbocycles. The molecule has 0 atom stereocenters. The summed E-state index contributed by atoms with van der Waals surface area (Å²) in [7, 11) is 0. The average Bonchev–Trinajstić information content (AvgIpc) is 2.37. The van der Waals surface area contributed by atoms with Crippen LogP contribution >= 0.6 is 0 Å². The van der Waals surface area contributed by atoms with Crippen LogP contribution in [-0.2, 0) is 0 Å². The van der Waals surface area contributed by atoms with Crippen LogP contribution in [0.5, 0.6) is 0 Å². The van der Waals surface area contributed by atoms with Crippen molar-refractivity contribution >= 4 is 5.97 Å². The van der Waals surface area contributed by atoms with E-state index in [1.54, 1.807) is 0 Å². The van der Waals surface area contributed by atoms with Crippen LogP contribution in [0.3, 0.4) is 0 Å². The molecule has 3 heteroatoms. The smallest absolute Gasteiger partial charge is 0.337 e. The van der Waals surface area contributed by atoms with Crippen molar-refractivity contribution in [3.05, 3.63) is 29.6 Å². The van der Waals surface area contributed by atoms with Gasteiger partial charge in [-0.1, -0.05) is 0 Å². The summed E-state index contributed by atoms with van der Waals surface area (Å²) in [5.41, 5.74) is 1.51. The van der Waals surface area contributed by atoms with Crippen molar-refractivity contribution in [2.75, 3.05) is 0 Å². The number of pyridine rings is 1. The first-order valence-corrected chi connectivity index (χ1v) is 7.39. The van der Waals surface area contributed by atoms with E-state index < -0.39 is 5.97 Å². The van der Waals surface area contributed by atoms with Crippen molar-refractivity contribution in [2.45, 2.75) is 38.0 Å². The van der Waals surface area contributed by atoms with Crippen LogP contribution in [0.1, 0.15) is 53.9 Å². The number of aromatic nitrogens is 1. The molecule has 4 fully saturated rings. The fourth-order valence-electron chi connectivity index (χ4n) is 5.23. The highest BCUT2D eigenvalue weighted by atomic mass is 16.4. The highest BCUT2D eigenvalue weighted by Gasteiger charge is 2.48. The molecular weight excluding hydrogens is 238 g/mol. The second kappa shape index (κ2) is 4.06. The van der Waals surface area contributed by atoms with Gasteiger partial charge in [0.2, 0.25) is 0 Å². The van der Waals surface area contributed by atoms with Crippen molar-refractivity contribution in [3.63, 3.8) is 0 Å². The summed E-state index contributed by atoms with van der Waals surface area (Å²) in [6.45, 7) is 0. The third-order valence-electron chi connectivity index (χ3n) is 5.62. The van der Waals surface area contributed by atoms with Gasteiger partial charge in [0, 0.05) is 12.4 Å². The van der Waals surface area contributed by atoms with Gasteiger partial charge < -0.3 is 5.11 Å². The number of carbonyl (C=O) groups is 1. The minimum Gasteiger partial charge on any atom is -0.478 e. The lowest BCUT2D eigenvalue weighted by Gasteiger charge is -2.54. The number of carboxylic acid groups (broad SMARTS) is 1. The van der Waals surface area contributed by atoms with Crippen LogP contribution in [0.2, 0.25) is 0 Å². The molecule has 1 N–H and O–H groups in total. The van der Waals surface area contributed by atoms with Gasteiger partial charge in [-0.3, -0.25) is 4.98 Å². The van der Waals surface area contributed by atoms with E-state index in [0.29, 0.717) is 11.5 Å². The van der Waals surface area contributed by atoms with E-state index in [9.17, 15) is 4.79 Å². The molecule has 0 radical (unpaired) electrons. The summed E-state index contributed by atoms with van der Waals surface area (Å²) in [5.74, 6) is 3.17. The quantitative estimate of drug-likeness (QED) is 0.884.